The van der Waals surface area contributed by atoms with Crippen LogP contribution in [0.15, 0.2) is 53.2 Å². The lowest BCUT2D eigenvalue weighted by molar-refractivity contribution is 0.235. The summed E-state index contributed by atoms with van der Waals surface area (Å²) < 4.78 is 20.7. The van der Waals surface area contributed by atoms with Gasteiger partial charge in [0.1, 0.15) is 17.3 Å². The van der Waals surface area contributed by atoms with E-state index in [1.165, 1.54) is 12.1 Å². The molecule has 0 saturated heterocycles. The van der Waals surface area contributed by atoms with Crippen molar-refractivity contribution in [3.63, 3.8) is 0 Å². The van der Waals surface area contributed by atoms with Crippen molar-refractivity contribution in [2.45, 2.75) is 13.1 Å². The number of imidazole rings is 1. The minimum Gasteiger partial charge on any atom is -0.465 e. The molecule has 0 saturated carbocycles. The predicted molar refractivity (Wildman–Crippen MR) is 100 cm³/mol. The van der Waals surface area contributed by atoms with E-state index in [2.05, 4.69) is 32.1 Å². The van der Waals surface area contributed by atoms with Crippen molar-refractivity contribution in [1.82, 2.24) is 24.6 Å². The summed E-state index contributed by atoms with van der Waals surface area (Å²) in [5, 5.41) is 4.66. The standard InChI is InChI=1S/C20H18FN5O/c21-14-5-6-17-18(11-14)23-20(22-17)19-12-15-13-25(8-9-26(15)24-19)7-1-3-16-4-2-10-27-16/h1-6,10-12H,7-9,13H2,(H,22,23)/b3-1+. The van der Waals surface area contributed by atoms with E-state index in [-0.39, 0.29) is 5.82 Å². The fourth-order valence-electron chi connectivity index (χ4n) is 3.40. The second-order valence-corrected chi connectivity index (χ2v) is 6.64. The first-order chi connectivity index (χ1) is 13.2. The molecule has 6 nitrogen and oxygen atoms in total. The largest absolute Gasteiger partial charge is 0.465 e. The number of rotatable bonds is 4. The number of fused-ring (bicyclic) bond motifs is 2. The van der Waals surface area contributed by atoms with E-state index < -0.39 is 0 Å². The van der Waals surface area contributed by atoms with Crippen LogP contribution in [0, 0.1) is 5.82 Å². The Labute approximate surface area is 154 Å². The molecule has 0 aliphatic carbocycles. The van der Waals surface area contributed by atoms with Gasteiger partial charge in [-0.3, -0.25) is 9.58 Å². The van der Waals surface area contributed by atoms with Gasteiger partial charge >= 0.3 is 0 Å². The molecule has 0 spiro atoms. The lowest BCUT2D eigenvalue weighted by Gasteiger charge is -2.26. The lowest BCUT2D eigenvalue weighted by Crippen LogP contribution is -2.33. The van der Waals surface area contributed by atoms with Gasteiger partial charge in [0.2, 0.25) is 0 Å². The fraction of sp³-hybridized carbons (Fsp3) is 0.200. The van der Waals surface area contributed by atoms with Gasteiger partial charge in [-0.15, -0.1) is 0 Å². The highest BCUT2D eigenvalue weighted by molar-refractivity contribution is 5.78. The Morgan fingerprint density at radius 1 is 1.22 bits per heavy atom. The molecule has 0 amide bonds. The Kier molecular flexibility index (Phi) is 3.86. The number of benzene rings is 1. The Hall–Kier alpha value is -3.19. The second kappa shape index (κ2) is 6.51. The third-order valence-corrected chi connectivity index (χ3v) is 4.75. The minimum absolute atomic E-state index is 0.278. The number of halogens is 1. The van der Waals surface area contributed by atoms with Crippen LogP contribution in [0.5, 0.6) is 0 Å². The van der Waals surface area contributed by atoms with Gasteiger partial charge in [0.05, 0.1) is 29.5 Å². The molecule has 0 atom stereocenters. The van der Waals surface area contributed by atoms with Crippen molar-refractivity contribution >= 4 is 17.1 Å². The maximum absolute atomic E-state index is 13.4. The van der Waals surface area contributed by atoms with Gasteiger partial charge in [0.25, 0.3) is 0 Å². The Morgan fingerprint density at radius 3 is 3.07 bits per heavy atom. The van der Waals surface area contributed by atoms with Gasteiger partial charge in [-0.25, -0.2) is 9.37 Å². The lowest BCUT2D eigenvalue weighted by atomic mass is 10.2. The summed E-state index contributed by atoms with van der Waals surface area (Å²) in [7, 11) is 0. The zero-order valence-corrected chi connectivity index (χ0v) is 14.6. The number of H-pyrrole nitrogens is 1. The molecule has 0 fully saturated rings. The maximum atomic E-state index is 13.4. The highest BCUT2D eigenvalue weighted by Gasteiger charge is 2.19. The van der Waals surface area contributed by atoms with Crippen molar-refractivity contribution in [2.75, 3.05) is 13.1 Å². The van der Waals surface area contributed by atoms with Gasteiger partial charge in [-0.05, 0) is 42.5 Å². The summed E-state index contributed by atoms with van der Waals surface area (Å²) in [5.74, 6) is 1.25. The Morgan fingerprint density at radius 2 is 2.19 bits per heavy atom. The van der Waals surface area contributed by atoms with Crippen LogP contribution in [0.1, 0.15) is 11.5 Å². The van der Waals surface area contributed by atoms with Crippen molar-refractivity contribution in [3.05, 3.63) is 66.0 Å². The van der Waals surface area contributed by atoms with Crippen LogP contribution in [0.3, 0.4) is 0 Å². The van der Waals surface area contributed by atoms with Crippen molar-refractivity contribution < 1.29 is 8.81 Å². The Bertz CT molecular complexity index is 1110. The molecule has 4 aromatic rings. The highest BCUT2D eigenvalue weighted by atomic mass is 19.1. The molecule has 1 aliphatic rings. The molecule has 5 rings (SSSR count). The molecule has 27 heavy (non-hydrogen) atoms. The second-order valence-electron chi connectivity index (χ2n) is 6.64. The molecule has 7 heteroatoms. The normalized spacial score (nSPS) is 15.0. The zero-order valence-electron chi connectivity index (χ0n) is 14.6. The van der Waals surface area contributed by atoms with E-state index in [0.717, 1.165) is 48.8 Å². The number of aromatic nitrogens is 4. The third kappa shape index (κ3) is 3.17. The number of furan rings is 1. The molecule has 0 unspecified atom stereocenters. The van der Waals surface area contributed by atoms with E-state index in [0.29, 0.717) is 11.3 Å². The van der Waals surface area contributed by atoms with E-state index in [1.807, 2.05) is 22.9 Å². The monoisotopic (exact) mass is 363 g/mol. The molecule has 0 bridgehead atoms. The summed E-state index contributed by atoms with van der Waals surface area (Å²) in [4.78, 5) is 10.0. The number of hydrogen-bond donors (Lipinski definition) is 1. The van der Waals surface area contributed by atoms with Crippen LogP contribution >= 0.6 is 0 Å². The first kappa shape index (κ1) is 16.0. The van der Waals surface area contributed by atoms with Crippen LogP contribution in [-0.4, -0.2) is 37.7 Å². The average molecular weight is 363 g/mol. The van der Waals surface area contributed by atoms with Crippen LogP contribution in [0.2, 0.25) is 0 Å². The summed E-state index contributed by atoms with van der Waals surface area (Å²) >= 11 is 0. The maximum Gasteiger partial charge on any atom is 0.159 e. The van der Waals surface area contributed by atoms with Gasteiger partial charge in [0.15, 0.2) is 5.82 Å². The van der Waals surface area contributed by atoms with E-state index >= 15 is 0 Å². The predicted octanol–water partition coefficient (Wildman–Crippen LogP) is 3.69. The zero-order chi connectivity index (χ0) is 18.2. The number of nitrogens with one attached hydrogen (secondary N) is 1. The van der Waals surface area contributed by atoms with Crippen LogP contribution < -0.4 is 0 Å². The van der Waals surface area contributed by atoms with Crippen LogP contribution in [0.4, 0.5) is 4.39 Å². The third-order valence-electron chi connectivity index (χ3n) is 4.75. The average Bonchev–Trinajstić information content (AvgIpc) is 3.39. The first-order valence-electron chi connectivity index (χ1n) is 8.89. The van der Waals surface area contributed by atoms with Gasteiger partial charge in [-0.1, -0.05) is 6.08 Å². The van der Waals surface area contributed by atoms with E-state index in [9.17, 15) is 4.39 Å². The van der Waals surface area contributed by atoms with Gasteiger partial charge < -0.3 is 9.40 Å². The van der Waals surface area contributed by atoms with Crippen molar-refractivity contribution in [1.29, 1.82) is 0 Å². The highest BCUT2D eigenvalue weighted by Crippen LogP contribution is 2.23. The quantitative estimate of drug-likeness (QED) is 0.601. The molecular formula is C20H18FN5O. The van der Waals surface area contributed by atoms with Gasteiger partial charge in [0, 0.05) is 19.6 Å². The molecule has 3 aromatic heterocycles. The minimum atomic E-state index is -0.278. The van der Waals surface area contributed by atoms with Gasteiger partial charge in [-0.2, -0.15) is 5.10 Å². The number of nitrogens with zero attached hydrogens (tertiary/aromatic N) is 4. The number of aromatic amines is 1. The van der Waals surface area contributed by atoms with Crippen molar-refractivity contribution in [3.8, 4) is 11.5 Å². The van der Waals surface area contributed by atoms with Crippen molar-refractivity contribution in [2.24, 2.45) is 0 Å². The fourth-order valence-corrected chi connectivity index (χ4v) is 3.40. The van der Waals surface area contributed by atoms with E-state index in [4.69, 9.17) is 4.42 Å². The summed E-state index contributed by atoms with van der Waals surface area (Å²) in [5.41, 5.74) is 3.35. The molecule has 0 radical (unpaired) electrons. The van der Waals surface area contributed by atoms with Crippen LogP contribution in [-0.2, 0) is 13.1 Å². The molecule has 4 heterocycles. The Balaban J connectivity index is 1.33. The van der Waals surface area contributed by atoms with E-state index in [1.54, 1.807) is 12.3 Å². The molecular weight excluding hydrogens is 345 g/mol. The summed E-state index contributed by atoms with van der Waals surface area (Å²) in [6.45, 7) is 3.44. The first-order valence-corrected chi connectivity index (χ1v) is 8.89. The smallest absolute Gasteiger partial charge is 0.159 e. The molecule has 1 aromatic carbocycles. The van der Waals surface area contributed by atoms with Crippen LogP contribution in [0.25, 0.3) is 28.6 Å². The molecule has 136 valence electrons. The molecule has 1 N–H and O–H groups in total. The SMILES string of the molecule is Fc1ccc2nc(-c3cc4n(n3)CCN(C/C=C/c3ccco3)C4)[nH]c2c1. The summed E-state index contributed by atoms with van der Waals surface area (Å²) in [6.07, 6.45) is 5.78. The topological polar surface area (TPSA) is 62.9 Å². The number of hydrogen-bond acceptors (Lipinski definition) is 4. The molecule has 1 aliphatic heterocycles. The summed E-state index contributed by atoms with van der Waals surface area (Å²) in [6, 6.07) is 10.4.